The van der Waals surface area contributed by atoms with Crippen LogP contribution >= 0.6 is 0 Å². The van der Waals surface area contributed by atoms with Gasteiger partial charge in [0.15, 0.2) is 18.3 Å². The maximum atomic E-state index is 12.9. The van der Waals surface area contributed by atoms with Gasteiger partial charge < -0.3 is 4.74 Å². The van der Waals surface area contributed by atoms with Crippen molar-refractivity contribution in [1.82, 2.24) is 16.4 Å². The maximum Gasteiger partial charge on any atom is 0.338 e. The summed E-state index contributed by atoms with van der Waals surface area (Å²) in [4.78, 5) is 66.8. The maximum absolute atomic E-state index is 12.9. The Labute approximate surface area is 228 Å². The van der Waals surface area contributed by atoms with E-state index in [2.05, 4.69) is 16.4 Å². The van der Waals surface area contributed by atoms with Gasteiger partial charge in [-0.05, 0) is 57.8 Å². The first kappa shape index (κ1) is 35.8. The highest BCUT2D eigenvalue weighted by atomic mass is 16.7. The molecule has 0 saturated heterocycles. The Morgan fingerprint density at radius 1 is 0.579 bits per heavy atom. The van der Waals surface area contributed by atoms with Crippen molar-refractivity contribution in [1.29, 1.82) is 0 Å². The molecule has 0 bridgehead atoms. The Morgan fingerprint density at radius 2 is 0.921 bits per heavy atom. The molecule has 0 aliphatic rings. The number of ether oxygens (including phenoxy) is 1. The Kier molecular flexibility index (Phi) is 15.1. The van der Waals surface area contributed by atoms with Crippen LogP contribution in [0.1, 0.15) is 102 Å². The molecule has 0 unspecified atom stereocenters. The number of hydroxylamine groups is 3. The van der Waals surface area contributed by atoms with Crippen LogP contribution in [0.4, 0.5) is 0 Å². The van der Waals surface area contributed by atoms with Crippen molar-refractivity contribution >= 4 is 23.7 Å². The van der Waals surface area contributed by atoms with Crippen molar-refractivity contribution in [2.24, 2.45) is 23.2 Å². The van der Waals surface area contributed by atoms with Gasteiger partial charge >= 0.3 is 5.97 Å². The van der Waals surface area contributed by atoms with Crippen molar-refractivity contribution in [3.63, 3.8) is 0 Å². The normalized spacial score (nSPS) is 14.7. The first-order valence-electron chi connectivity index (χ1n) is 13.3. The van der Waals surface area contributed by atoms with Crippen LogP contribution in [0.25, 0.3) is 0 Å². The van der Waals surface area contributed by atoms with Crippen molar-refractivity contribution in [3.05, 3.63) is 0 Å². The lowest BCUT2D eigenvalue weighted by molar-refractivity contribution is -0.182. The quantitative estimate of drug-likeness (QED) is 0.209. The summed E-state index contributed by atoms with van der Waals surface area (Å²) in [5.41, 5.74) is 5.49. The highest BCUT2D eigenvalue weighted by Gasteiger charge is 2.31. The largest absolute Gasteiger partial charge is 0.458 e. The third-order valence-corrected chi connectivity index (χ3v) is 4.89. The number of esters is 1. The molecule has 0 aliphatic carbocycles. The average Bonchev–Trinajstić information content (AvgIpc) is 2.73. The van der Waals surface area contributed by atoms with Gasteiger partial charge in [-0.15, -0.1) is 0 Å². The van der Waals surface area contributed by atoms with E-state index in [4.69, 9.17) is 19.2 Å². The molecule has 3 amide bonds. The molecule has 0 aromatic heterocycles. The fourth-order valence-electron chi connectivity index (χ4n) is 2.93. The average molecular weight is 546 g/mol. The third kappa shape index (κ3) is 15.9. The number of rotatable bonds is 15. The molecule has 0 fully saturated rings. The number of amides is 3. The first-order valence-corrected chi connectivity index (χ1v) is 13.3. The number of hydrogen-bond donors (Lipinski definition) is 3. The van der Waals surface area contributed by atoms with Crippen LogP contribution in [-0.2, 0) is 38.4 Å². The summed E-state index contributed by atoms with van der Waals surface area (Å²) in [6, 6.07) is 0. The molecule has 11 heteroatoms. The molecular weight excluding hydrogens is 494 g/mol. The number of carbonyl (C=O) groups excluding carboxylic acids is 4. The number of hydrogen-bond acceptors (Lipinski definition) is 8. The summed E-state index contributed by atoms with van der Waals surface area (Å²) in [5, 5.41) is 0. The van der Waals surface area contributed by atoms with Crippen LogP contribution in [0.3, 0.4) is 0 Å². The first-order chi connectivity index (χ1) is 17.2. The van der Waals surface area contributed by atoms with E-state index >= 15 is 0 Å². The fourth-order valence-corrected chi connectivity index (χ4v) is 2.93. The number of nitrogens with one attached hydrogen (secondary N) is 3. The molecule has 3 atom stereocenters. The minimum absolute atomic E-state index is 0.0359. The summed E-state index contributed by atoms with van der Waals surface area (Å²) in [5.74, 6) is -2.08. The minimum Gasteiger partial charge on any atom is -0.458 e. The van der Waals surface area contributed by atoms with Gasteiger partial charge in [-0.3, -0.25) is 28.9 Å². The third-order valence-electron chi connectivity index (χ3n) is 4.89. The van der Waals surface area contributed by atoms with Crippen LogP contribution in [0.5, 0.6) is 0 Å². The molecule has 3 N–H and O–H groups in total. The highest BCUT2D eigenvalue weighted by molar-refractivity contribution is 5.83. The van der Waals surface area contributed by atoms with E-state index in [9.17, 15) is 19.2 Å². The van der Waals surface area contributed by atoms with Crippen LogP contribution in [0.2, 0.25) is 0 Å². The molecule has 0 rings (SSSR count). The SMILES string of the molecule is CC(C)C[C@@H](ONC(=O)C(C)(C)C)C(=O)NO[C@H](CC(C)C)C(=O)NO[C@H](CC(C)C)C(=O)OC(C)(C)C. The zero-order valence-corrected chi connectivity index (χ0v) is 25.4. The van der Waals surface area contributed by atoms with E-state index in [1.807, 2.05) is 41.5 Å². The predicted octanol–water partition coefficient (Wildman–Crippen LogP) is 3.76. The summed E-state index contributed by atoms with van der Waals surface area (Å²) >= 11 is 0. The van der Waals surface area contributed by atoms with Gasteiger partial charge in [0.1, 0.15) is 5.60 Å². The van der Waals surface area contributed by atoms with E-state index in [0.29, 0.717) is 12.8 Å². The molecule has 11 nitrogen and oxygen atoms in total. The Bertz CT molecular complexity index is 769. The van der Waals surface area contributed by atoms with Crippen molar-refractivity contribution in [2.45, 2.75) is 126 Å². The molecule has 0 aromatic rings. The van der Waals surface area contributed by atoms with E-state index in [-0.39, 0.29) is 30.1 Å². The zero-order chi connectivity index (χ0) is 29.8. The van der Waals surface area contributed by atoms with Crippen molar-refractivity contribution in [2.75, 3.05) is 0 Å². The molecule has 222 valence electrons. The lowest BCUT2D eigenvalue weighted by atomic mass is 9.96. The smallest absolute Gasteiger partial charge is 0.338 e. The predicted molar refractivity (Wildman–Crippen MR) is 143 cm³/mol. The van der Waals surface area contributed by atoms with Crippen LogP contribution in [0, 0.1) is 23.2 Å². The van der Waals surface area contributed by atoms with Gasteiger partial charge in [-0.2, -0.15) is 0 Å². The zero-order valence-electron chi connectivity index (χ0n) is 25.4. The van der Waals surface area contributed by atoms with E-state index in [1.54, 1.807) is 41.5 Å². The van der Waals surface area contributed by atoms with E-state index in [0.717, 1.165) is 0 Å². The van der Waals surface area contributed by atoms with Gasteiger partial charge in [0.25, 0.3) is 11.8 Å². The topological polar surface area (TPSA) is 141 Å². The van der Waals surface area contributed by atoms with Gasteiger partial charge in [0.2, 0.25) is 5.91 Å². The van der Waals surface area contributed by atoms with Gasteiger partial charge in [0.05, 0.1) is 0 Å². The summed E-state index contributed by atoms with van der Waals surface area (Å²) in [6.45, 7) is 21.8. The lowest BCUT2D eigenvalue weighted by Gasteiger charge is -2.26. The highest BCUT2D eigenvalue weighted by Crippen LogP contribution is 2.16. The molecule has 38 heavy (non-hydrogen) atoms. The Balaban J connectivity index is 5.33. The van der Waals surface area contributed by atoms with Crippen LogP contribution < -0.4 is 16.4 Å². The summed E-state index contributed by atoms with van der Waals surface area (Å²) in [7, 11) is 0. The second-order valence-electron chi connectivity index (χ2n) is 12.9. The molecule has 0 saturated carbocycles. The van der Waals surface area contributed by atoms with E-state index in [1.165, 1.54) is 0 Å². The van der Waals surface area contributed by atoms with Crippen LogP contribution in [-0.4, -0.2) is 47.6 Å². The van der Waals surface area contributed by atoms with E-state index < -0.39 is 47.1 Å². The standard InChI is InChI=1S/C27H51N3O8/c1-16(2)13-19(22(31)29-38-21(15-18(5)6)24(33)35-27(10,11)12)36-28-23(32)20(14-17(3)4)37-30-25(34)26(7,8)9/h16-21H,13-15H2,1-12H3,(H,28,32)(H,29,31)(H,30,34)/t19-,20-,21-/m1/s1. The Hall–Kier alpha value is -2.24. The molecule has 0 spiro atoms. The van der Waals surface area contributed by atoms with Gasteiger partial charge in [0, 0.05) is 5.41 Å². The molecule has 0 radical (unpaired) electrons. The van der Waals surface area contributed by atoms with Gasteiger partial charge in [-0.25, -0.2) is 21.2 Å². The van der Waals surface area contributed by atoms with Crippen LogP contribution in [0.15, 0.2) is 0 Å². The molecule has 0 aromatic carbocycles. The van der Waals surface area contributed by atoms with Crippen molar-refractivity contribution < 1.29 is 38.4 Å². The molecular formula is C27H51N3O8. The lowest BCUT2D eigenvalue weighted by Crippen LogP contribution is -2.48. The second-order valence-corrected chi connectivity index (χ2v) is 12.9. The Morgan fingerprint density at radius 3 is 1.26 bits per heavy atom. The van der Waals surface area contributed by atoms with Gasteiger partial charge in [-0.1, -0.05) is 62.3 Å². The molecule has 0 aliphatic heterocycles. The second kappa shape index (κ2) is 16.0. The number of carbonyl (C=O) groups is 4. The fraction of sp³-hybridized carbons (Fsp3) is 0.852. The monoisotopic (exact) mass is 545 g/mol. The van der Waals surface area contributed by atoms with Crippen molar-refractivity contribution in [3.8, 4) is 0 Å². The molecule has 0 heterocycles. The summed E-state index contributed by atoms with van der Waals surface area (Å²) < 4.78 is 5.41. The minimum atomic E-state index is -1.11. The summed E-state index contributed by atoms with van der Waals surface area (Å²) in [6.07, 6.45) is -2.27.